The van der Waals surface area contributed by atoms with E-state index in [-0.39, 0.29) is 22.9 Å². The fourth-order valence-corrected chi connectivity index (χ4v) is 4.06. The highest BCUT2D eigenvalue weighted by atomic mass is 19.4. The number of anilines is 2. The second kappa shape index (κ2) is 9.61. The highest BCUT2D eigenvalue weighted by molar-refractivity contribution is 5.57. The number of para-hydroxylation sites is 2. The largest absolute Gasteiger partial charge is 0.457 e. The van der Waals surface area contributed by atoms with Crippen molar-refractivity contribution in [2.75, 3.05) is 11.5 Å². The van der Waals surface area contributed by atoms with Gasteiger partial charge in [-0.1, -0.05) is 48.5 Å². The number of rotatable bonds is 6. The molecule has 192 valence electrons. The maximum Gasteiger partial charge on any atom is 0.411 e. The lowest BCUT2D eigenvalue weighted by atomic mass is 9.72. The first-order valence-electron chi connectivity index (χ1n) is 10.8. The van der Waals surface area contributed by atoms with Crippen LogP contribution in [0.3, 0.4) is 0 Å². The SMILES string of the molecule is Nc1cccc(Oc2ccccc2C(c2ccccc2Oc2cccc(N)c2)(C(F)(F)F)C(F)(F)F)c1. The first-order valence-corrected chi connectivity index (χ1v) is 10.8. The van der Waals surface area contributed by atoms with E-state index in [0.29, 0.717) is 0 Å². The molecular formula is C27H20F6N2O2. The Morgan fingerprint density at radius 2 is 0.865 bits per heavy atom. The molecule has 0 aromatic heterocycles. The zero-order valence-electron chi connectivity index (χ0n) is 19.0. The summed E-state index contributed by atoms with van der Waals surface area (Å²) in [5.74, 6) is -1.37. The second-order valence-corrected chi connectivity index (χ2v) is 8.09. The molecule has 0 heterocycles. The van der Waals surface area contributed by atoms with Crippen molar-refractivity contribution in [2.45, 2.75) is 17.8 Å². The molecule has 4 N–H and O–H groups in total. The van der Waals surface area contributed by atoms with Gasteiger partial charge in [0.1, 0.15) is 23.0 Å². The average Bonchev–Trinajstić information content (AvgIpc) is 2.80. The molecule has 0 aliphatic rings. The third-order valence-electron chi connectivity index (χ3n) is 5.60. The minimum absolute atomic E-state index is 0.0324. The second-order valence-electron chi connectivity index (χ2n) is 8.09. The van der Waals surface area contributed by atoms with Crippen LogP contribution >= 0.6 is 0 Å². The molecule has 0 amide bonds. The average molecular weight is 518 g/mol. The van der Waals surface area contributed by atoms with Crippen LogP contribution in [-0.2, 0) is 5.41 Å². The van der Waals surface area contributed by atoms with Crippen LogP contribution in [0.2, 0.25) is 0 Å². The monoisotopic (exact) mass is 518 g/mol. The highest BCUT2D eigenvalue weighted by Crippen LogP contribution is 2.60. The molecule has 4 rings (SSSR count). The number of alkyl halides is 6. The molecule has 4 aromatic carbocycles. The number of benzene rings is 4. The van der Waals surface area contributed by atoms with Gasteiger partial charge in [-0.2, -0.15) is 26.3 Å². The summed E-state index contributed by atoms with van der Waals surface area (Å²) in [6.45, 7) is 0. The summed E-state index contributed by atoms with van der Waals surface area (Å²) in [4.78, 5) is 0. The predicted molar refractivity (Wildman–Crippen MR) is 128 cm³/mol. The van der Waals surface area contributed by atoms with Crippen LogP contribution in [0, 0.1) is 0 Å². The Bertz CT molecular complexity index is 1300. The van der Waals surface area contributed by atoms with Crippen LogP contribution in [0.15, 0.2) is 97.1 Å². The van der Waals surface area contributed by atoms with Crippen molar-refractivity contribution in [1.82, 2.24) is 0 Å². The summed E-state index contributed by atoms with van der Waals surface area (Å²) >= 11 is 0. The highest BCUT2D eigenvalue weighted by Gasteiger charge is 2.74. The molecule has 0 saturated heterocycles. The van der Waals surface area contributed by atoms with Crippen molar-refractivity contribution in [3.63, 3.8) is 0 Å². The molecule has 0 saturated carbocycles. The van der Waals surface area contributed by atoms with Gasteiger partial charge in [-0.15, -0.1) is 0 Å². The third-order valence-corrected chi connectivity index (χ3v) is 5.60. The number of hydrogen-bond acceptors (Lipinski definition) is 4. The Morgan fingerprint density at radius 3 is 1.22 bits per heavy atom. The van der Waals surface area contributed by atoms with Crippen LogP contribution < -0.4 is 20.9 Å². The summed E-state index contributed by atoms with van der Waals surface area (Å²) in [5, 5.41) is 0. The molecular weight excluding hydrogens is 498 g/mol. The molecule has 0 aliphatic carbocycles. The molecule has 0 unspecified atom stereocenters. The van der Waals surface area contributed by atoms with Crippen LogP contribution in [0.5, 0.6) is 23.0 Å². The fourth-order valence-electron chi connectivity index (χ4n) is 4.06. The van der Waals surface area contributed by atoms with E-state index in [2.05, 4.69) is 0 Å². The van der Waals surface area contributed by atoms with Gasteiger partial charge >= 0.3 is 12.4 Å². The molecule has 0 bridgehead atoms. The molecule has 0 spiro atoms. The maximum absolute atomic E-state index is 14.9. The van der Waals surface area contributed by atoms with Crippen LogP contribution in [0.4, 0.5) is 37.7 Å². The Morgan fingerprint density at radius 1 is 0.486 bits per heavy atom. The summed E-state index contributed by atoms with van der Waals surface area (Å²) in [7, 11) is 0. The van der Waals surface area contributed by atoms with E-state index in [9.17, 15) is 26.3 Å². The smallest absolute Gasteiger partial charge is 0.411 e. The summed E-state index contributed by atoms with van der Waals surface area (Å²) < 4.78 is 101. The van der Waals surface area contributed by atoms with Gasteiger partial charge in [0.05, 0.1) is 0 Å². The Labute approximate surface area is 208 Å². The first-order chi connectivity index (χ1) is 17.4. The molecule has 0 radical (unpaired) electrons. The zero-order valence-corrected chi connectivity index (χ0v) is 19.0. The minimum atomic E-state index is -5.87. The molecule has 0 aliphatic heterocycles. The van der Waals surface area contributed by atoms with Gasteiger partial charge in [0.25, 0.3) is 0 Å². The summed E-state index contributed by atoms with van der Waals surface area (Å²) in [5.41, 5.74) is 4.99. The zero-order chi connectivity index (χ0) is 26.8. The predicted octanol–water partition coefficient (Wildman–Crippen LogP) is 7.85. The van der Waals surface area contributed by atoms with E-state index in [1.54, 1.807) is 0 Å². The number of nitrogen functional groups attached to an aromatic ring is 2. The van der Waals surface area contributed by atoms with E-state index in [4.69, 9.17) is 20.9 Å². The number of hydrogen-bond donors (Lipinski definition) is 2. The lowest BCUT2D eigenvalue weighted by Crippen LogP contribution is -2.55. The molecule has 4 nitrogen and oxygen atoms in total. The lowest BCUT2D eigenvalue weighted by molar-refractivity contribution is -0.289. The normalized spacial score (nSPS) is 12.3. The van der Waals surface area contributed by atoms with Crippen LogP contribution in [-0.4, -0.2) is 12.4 Å². The van der Waals surface area contributed by atoms with Gasteiger partial charge in [-0.3, -0.25) is 0 Å². The number of nitrogens with two attached hydrogens (primary N) is 2. The van der Waals surface area contributed by atoms with E-state index in [1.165, 1.54) is 60.7 Å². The first kappa shape index (κ1) is 25.7. The van der Waals surface area contributed by atoms with Gasteiger partial charge in [-0.25, -0.2) is 0 Å². The standard InChI is InChI=1S/C27H20F6N2O2/c28-26(29,30)25(27(31,32)33,21-11-1-3-13-23(21)36-19-9-5-7-17(34)15-19)22-12-2-4-14-24(22)37-20-10-6-8-18(35)16-20/h1-16H,34-35H2. The van der Waals surface area contributed by atoms with E-state index < -0.39 is 40.4 Å². The molecule has 37 heavy (non-hydrogen) atoms. The van der Waals surface area contributed by atoms with Crippen molar-refractivity contribution in [1.29, 1.82) is 0 Å². The fraction of sp³-hybridized carbons (Fsp3) is 0.111. The van der Waals surface area contributed by atoms with E-state index in [0.717, 1.165) is 36.4 Å². The van der Waals surface area contributed by atoms with Crippen molar-refractivity contribution in [2.24, 2.45) is 0 Å². The van der Waals surface area contributed by atoms with Gasteiger partial charge in [-0.05, 0) is 36.4 Å². The number of ether oxygens (including phenoxy) is 2. The van der Waals surface area contributed by atoms with Crippen molar-refractivity contribution in [3.8, 4) is 23.0 Å². The number of halogens is 6. The lowest BCUT2D eigenvalue weighted by Gasteiger charge is -2.39. The molecule has 0 atom stereocenters. The Kier molecular flexibility index (Phi) is 6.68. The minimum Gasteiger partial charge on any atom is -0.457 e. The van der Waals surface area contributed by atoms with Crippen molar-refractivity contribution < 1.29 is 35.8 Å². The van der Waals surface area contributed by atoms with Crippen molar-refractivity contribution >= 4 is 11.4 Å². The van der Waals surface area contributed by atoms with E-state index in [1.807, 2.05) is 0 Å². The van der Waals surface area contributed by atoms with Gasteiger partial charge in [0.15, 0.2) is 0 Å². The van der Waals surface area contributed by atoms with E-state index >= 15 is 0 Å². The quantitative estimate of drug-likeness (QED) is 0.202. The van der Waals surface area contributed by atoms with Gasteiger partial charge in [0, 0.05) is 34.6 Å². The molecule has 10 heteroatoms. The molecule has 4 aromatic rings. The van der Waals surface area contributed by atoms with Crippen LogP contribution in [0.25, 0.3) is 0 Å². The molecule has 0 fully saturated rings. The van der Waals surface area contributed by atoms with Crippen LogP contribution in [0.1, 0.15) is 11.1 Å². The van der Waals surface area contributed by atoms with Crippen molar-refractivity contribution in [3.05, 3.63) is 108 Å². The maximum atomic E-state index is 14.9. The van der Waals surface area contributed by atoms with Gasteiger partial charge < -0.3 is 20.9 Å². The Hall–Kier alpha value is -4.34. The van der Waals surface area contributed by atoms with Gasteiger partial charge in [0.2, 0.25) is 5.41 Å². The topological polar surface area (TPSA) is 70.5 Å². The summed E-state index contributed by atoms with van der Waals surface area (Å²) in [6, 6.07) is 19.5. The third kappa shape index (κ3) is 4.87. The summed E-state index contributed by atoms with van der Waals surface area (Å²) in [6.07, 6.45) is -11.7. The Balaban J connectivity index is 1.99.